The van der Waals surface area contributed by atoms with E-state index in [1.165, 1.54) is 18.2 Å². The van der Waals surface area contributed by atoms with Crippen LogP contribution in [0.3, 0.4) is 0 Å². The fourth-order valence-corrected chi connectivity index (χ4v) is 4.07. The molecule has 0 spiro atoms. The summed E-state index contributed by atoms with van der Waals surface area (Å²) < 4.78 is 49.0. The monoisotopic (exact) mass is 422 g/mol. The van der Waals surface area contributed by atoms with E-state index in [0.29, 0.717) is 22.0 Å². The zero-order chi connectivity index (χ0) is 18.7. The first-order valence-electron chi connectivity index (χ1n) is 7.10. The zero-order valence-corrected chi connectivity index (χ0v) is 16.1. The van der Waals surface area contributed by atoms with Gasteiger partial charge < -0.3 is 0 Å². The molecule has 25 heavy (non-hydrogen) atoms. The van der Waals surface area contributed by atoms with Crippen LogP contribution in [0.15, 0.2) is 47.4 Å². The molecule has 0 aliphatic rings. The van der Waals surface area contributed by atoms with E-state index in [-0.39, 0.29) is 17.2 Å². The van der Waals surface area contributed by atoms with Crippen LogP contribution in [0, 0.1) is 0 Å². The van der Waals surface area contributed by atoms with Crippen molar-refractivity contribution < 1.29 is 16.8 Å². The van der Waals surface area contributed by atoms with Gasteiger partial charge in [0.15, 0.2) is 0 Å². The largest absolute Gasteiger partial charge is 0.238 e. The van der Waals surface area contributed by atoms with Gasteiger partial charge in [0.2, 0.25) is 20.0 Å². The van der Waals surface area contributed by atoms with Gasteiger partial charge in [0, 0.05) is 6.54 Å². The minimum absolute atomic E-state index is 0.0106. The van der Waals surface area contributed by atoms with E-state index in [1.807, 2.05) is 0 Å². The maximum Gasteiger partial charge on any atom is 0.238 e. The third-order valence-electron chi connectivity index (χ3n) is 3.33. The molecule has 0 aliphatic carbocycles. The Morgan fingerprint density at radius 1 is 0.880 bits per heavy atom. The van der Waals surface area contributed by atoms with Gasteiger partial charge in [-0.05, 0) is 41.8 Å². The summed E-state index contributed by atoms with van der Waals surface area (Å²) in [5.41, 5.74) is 1.31. The molecule has 0 saturated heterocycles. The summed E-state index contributed by atoms with van der Waals surface area (Å²) in [4.78, 5) is 0.0106. The van der Waals surface area contributed by atoms with Crippen molar-refractivity contribution in [2.24, 2.45) is 5.14 Å². The van der Waals surface area contributed by atoms with Crippen LogP contribution >= 0.6 is 23.2 Å². The average Bonchev–Trinajstić information content (AvgIpc) is 2.50. The molecule has 0 aliphatic heterocycles. The fourth-order valence-electron chi connectivity index (χ4n) is 2.10. The summed E-state index contributed by atoms with van der Waals surface area (Å²) in [6, 6.07) is 10.6. The highest BCUT2D eigenvalue weighted by Crippen LogP contribution is 2.23. The third kappa shape index (κ3) is 6.25. The molecule has 0 atom stereocenters. The molecule has 0 unspecified atom stereocenters. The van der Waals surface area contributed by atoms with Crippen LogP contribution in [0.1, 0.15) is 11.1 Å². The van der Waals surface area contributed by atoms with Gasteiger partial charge in [-0.2, -0.15) is 0 Å². The normalized spacial score (nSPS) is 12.3. The van der Waals surface area contributed by atoms with Crippen molar-refractivity contribution in [2.45, 2.75) is 17.1 Å². The Morgan fingerprint density at radius 3 is 2.04 bits per heavy atom. The van der Waals surface area contributed by atoms with Crippen molar-refractivity contribution >= 4 is 43.2 Å². The molecule has 0 fully saturated rings. The Labute approximate surface area is 157 Å². The number of primary sulfonamides is 1. The highest BCUT2D eigenvalue weighted by Gasteiger charge is 2.12. The maximum absolute atomic E-state index is 12.1. The number of nitrogens with one attached hydrogen (secondary N) is 1. The number of hydrogen-bond acceptors (Lipinski definition) is 4. The van der Waals surface area contributed by atoms with Crippen LogP contribution in [-0.4, -0.2) is 23.4 Å². The first-order chi connectivity index (χ1) is 11.6. The lowest BCUT2D eigenvalue weighted by atomic mass is 10.2. The first kappa shape index (κ1) is 20.2. The summed E-state index contributed by atoms with van der Waals surface area (Å²) in [5, 5.41) is 5.68. The van der Waals surface area contributed by atoms with E-state index in [9.17, 15) is 16.8 Å². The highest BCUT2D eigenvalue weighted by molar-refractivity contribution is 7.89. The number of benzene rings is 2. The van der Waals surface area contributed by atoms with Gasteiger partial charge in [-0.15, -0.1) is 0 Å². The van der Waals surface area contributed by atoms with Gasteiger partial charge in [0.1, 0.15) is 0 Å². The highest BCUT2D eigenvalue weighted by atomic mass is 35.5. The molecule has 10 heteroatoms. The summed E-state index contributed by atoms with van der Waals surface area (Å²) in [6.45, 7) is 0.179. The number of hydrogen-bond donors (Lipinski definition) is 2. The van der Waals surface area contributed by atoms with Crippen molar-refractivity contribution in [1.82, 2.24) is 4.72 Å². The SMILES string of the molecule is NS(=O)(=O)c1ccc(CCNS(=O)(=O)Cc2ccc(Cl)c(Cl)c2)cc1. The Bertz CT molecular complexity index is 960. The molecule has 0 saturated carbocycles. The second kappa shape index (κ2) is 8.03. The van der Waals surface area contributed by atoms with Gasteiger partial charge in [-0.25, -0.2) is 26.7 Å². The average molecular weight is 423 g/mol. The third-order valence-corrected chi connectivity index (χ3v) is 6.35. The van der Waals surface area contributed by atoms with Crippen molar-refractivity contribution in [3.63, 3.8) is 0 Å². The lowest BCUT2D eigenvalue weighted by Crippen LogP contribution is -2.27. The molecule has 2 rings (SSSR count). The summed E-state index contributed by atoms with van der Waals surface area (Å²) >= 11 is 11.7. The molecule has 6 nitrogen and oxygen atoms in total. The molecule has 0 heterocycles. The van der Waals surface area contributed by atoms with Crippen LogP contribution in [-0.2, 0) is 32.2 Å². The van der Waals surface area contributed by atoms with Crippen LogP contribution in [0.4, 0.5) is 0 Å². The molecular formula is C15H16Cl2N2O4S2. The maximum atomic E-state index is 12.1. The van der Waals surface area contributed by atoms with Crippen molar-refractivity contribution in [3.8, 4) is 0 Å². The fraction of sp³-hybridized carbons (Fsp3) is 0.200. The molecule has 3 N–H and O–H groups in total. The van der Waals surface area contributed by atoms with Crippen LogP contribution < -0.4 is 9.86 Å². The standard InChI is InChI=1S/C15H16Cl2N2O4S2/c16-14-6-3-12(9-15(14)17)10-24(20,21)19-8-7-11-1-4-13(5-2-11)25(18,22)23/h1-6,9,19H,7-8,10H2,(H2,18,22,23). The van der Waals surface area contributed by atoms with E-state index < -0.39 is 20.0 Å². The second-order valence-corrected chi connectivity index (χ2v) is 9.52. The minimum Gasteiger partial charge on any atom is -0.225 e. The van der Waals surface area contributed by atoms with Crippen molar-refractivity contribution in [2.75, 3.05) is 6.54 Å². The minimum atomic E-state index is -3.74. The van der Waals surface area contributed by atoms with Gasteiger partial charge >= 0.3 is 0 Å². The quantitative estimate of drug-likeness (QED) is 0.713. The van der Waals surface area contributed by atoms with E-state index >= 15 is 0 Å². The predicted molar refractivity (Wildman–Crippen MR) is 98.6 cm³/mol. The van der Waals surface area contributed by atoms with Crippen LogP contribution in [0.5, 0.6) is 0 Å². The summed E-state index contributed by atoms with van der Waals surface area (Å²) in [6.07, 6.45) is 0.408. The van der Waals surface area contributed by atoms with Crippen molar-refractivity contribution in [1.29, 1.82) is 0 Å². The smallest absolute Gasteiger partial charge is 0.225 e. The summed E-state index contributed by atoms with van der Waals surface area (Å²) in [7, 11) is -7.27. The van der Waals surface area contributed by atoms with Gasteiger partial charge in [0.25, 0.3) is 0 Å². The Balaban J connectivity index is 1.92. The lowest BCUT2D eigenvalue weighted by Gasteiger charge is -2.08. The molecule has 0 bridgehead atoms. The number of sulfonamides is 2. The molecule has 0 radical (unpaired) electrons. The molecule has 0 amide bonds. The van der Waals surface area contributed by atoms with E-state index in [2.05, 4.69) is 4.72 Å². The molecule has 136 valence electrons. The van der Waals surface area contributed by atoms with Gasteiger partial charge in [-0.3, -0.25) is 0 Å². The second-order valence-electron chi connectivity index (χ2n) is 5.34. The summed E-state index contributed by atoms with van der Waals surface area (Å²) in [5.74, 6) is -0.214. The van der Waals surface area contributed by atoms with Crippen LogP contribution in [0.25, 0.3) is 0 Å². The zero-order valence-electron chi connectivity index (χ0n) is 12.9. The van der Waals surface area contributed by atoms with E-state index in [1.54, 1.807) is 24.3 Å². The Hall–Kier alpha value is -1.16. The van der Waals surface area contributed by atoms with E-state index in [4.69, 9.17) is 28.3 Å². The number of rotatable bonds is 7. The Kier molecular flexibility index (Phi) is 6.47. The molecule has 2 aromatic carbocycles. The first-order valence-corrected chi connectivity index (χ1v) is 11.1. The molecule has 0 aromatic heterocycles. The lowest BCUT2D eigenvalue weighted by molar-refractivity contribution is 0.580. The van der Waals surface area contributed by atoms with E-state index in [0.717, 1.165) is 5.56 Å². The Morgan fingerprint density at radius 2 is 1.48 bits per heavy atom. The van der Waals surface area contributed by atoms with Gasteiger partial charge in [-0.1, -0.05) is 41.4 Å². The topological polar surface area (TPSA) is 106 Å². The number of nitrogens with two attached hydrogens (primary N) is 1. The van der Waals surface area contributed by atoms with Gasteiger partial charge in [0.05, 0.1) is 20.7 Å². The predicted octanol–water partition coefficient (Wildman–Crippen LogP) is 2.30. The molecule has 2 aromatic rings. The number of halogens is 2. The van der Waals surface area contributed by atoms with Crippen molar-refractivity contribution in [3.05, 3.63) is 63.6 Å². The molecular weight excluding hydrogens is 407 g/mol. The van der Waals surface area contributed by atoms with Crippen LogP contribution in [0.2, 0.25) is 10.0 Å².